The first-order chi connectivity index (χ1) is 11.4. The normalized spacial score (nSPS) is 18.2. The average molecular weight is 349 g/mol. The van der Waals surface area contributed by atoms with Crippen molar-refractivity contribution in [2.24, 2.45) is 0 Å². The Bertz CT molecular complexity index is 708. The van der Waals surface area contributed by atoms with Crippen molar-refractivity contribution in [3.05, 3.63) is 35.4 Å². The van der Waals surface area contributed by atoms with Crippen molar-refractivity contribution in [1.82, 2.24) is 9.62 Å². The van der Waals surface area contributed by atoms with Crippen LogP contribution in [-0.4, -0.2) is 44.6 Å². The van der Waals surface area contributed by atoms with Crippen LogP contribution in [0.2, 0.25) is 0 Å². The fraction of sp³-hybridized carbons (Fsp3) is 0.529. The molecule has 0 saturated carbocycles. The summed E-state index contributed by atoms with van der Waals surface area (Å²) < 4.78 is 25.1. The van der Waals surface area contributed by atoms with Crippen LogP contribution in [0.5, 0.6) is 0 Å². The van der Waals surface area contributed by atoms with E-state index < -0.39 is 10.0 Å². The van der Waals surface area contributed by atoms with Gasteiger partial charge >= 0.3 is 0 Å². The van der Waals surface area contributed by atoms with Crippen LogP contribution in [0.3, 0.4) is 0 Å². The Morgan fingerprint density at radius 3 is 2.67 bits per heavy atom. The van der Waals surface area contributed by atoms with Crippen LogP contribution in [0.1, 0.15) is 36.8 Å². The van der Waals surface area contributed by atoms with E-state index in [4.69, 9.17) is 5.26 Å². The van der Waals surface area contributed by atoms with Crippen LogP contribution in [0.15, 0.2) is 24.3 Å². The molecule has 0 spiro atoms. The molecule has 1 amide bonds. The standard InChI is InChI=1S/C17H23N3O3S/c1-24(22,23)19-13-16-4-2-3-11-20(16)17(21)10-9-14-5-7-15(12-18)8-6-14/h5-8,16,19H,2-4,9-11,13H2,1H3/t16-/m1/s1. The molecule has 130 valence electrons. The fourth-order valence-electron chi connectivity index (χ4n) is 2.93. The maximum atomic E-state index is 12.5. The first-order valence-electron chi connectivity index (χ1n) is 8.12. The van der Waals surface area contributed by atoms with Gasteiger partial charge in [0.1, 0.15) is 0 Å². The third-order valence-electron chi connectivity index (χ3n) is 4.24. The van der Waals surface area contributed by atoms with Gasteiger partial charge in [0.05, 0.1) is 17.9 Å². The highest BCUT2D eigenvalue weighted by atomic mass is 32.2. The first kappa shape index (κ1) is 18.4. The summed E-state index contributed by atoms with van der Waals surface area (Å²) in [6.07, 6.45) is 4.93. The predicted octanol–water partition coefficient (Wildman–Crippen LogP) is 1.42. The molecular weight excluding hydrogens is 326 g/mol. The quantitative estimate of drug-likeness (QED) is 0.841. The molecule has 1 aliphatic heterocycles. The molecule has 0 unspecified atom stereocenters. The van der Waals surface area contributed by atoms with Crippen molar-refractivity contribution < 1.29 is 13.2 Å². The van der Waals surface area contributed by atoms with E-state index in [0.29, 0.717) is 24.9 Å². The zero-order chi connectivity index (χ0) is 17.6. The topological polar surface area (TPSA) is 90.3 Å². The smallest absolute Gasteiger partial charge is 0.223 e. The van der Waals surface area contributed by atoms with E-state index in [0.717, 1.165) is 31.1 Å². The van der Waals surface area contributed by atoms with E-state index in [1.807, 2.05) is 17.0 Å². The van der Waals surface area contributed by atoms with Gasteiger partial charge in [-0.15, -0.1) is 0 Å². The summed E-state index contributed by atoms with van der Waals surface area (Å²) in [6.45, 7) is 0.962. The first-order valence-corrected chi connectivity index (χ1v) is 10.0. The van der Waals surface area contributed by atoms with Crippen molar-refractivity contribution in [1.29, 1.82) is 5.26 Å². The number of carbonyl (C=O) groups excluding carboxylic acids is 1. The summed E-state index contributed by atoms with van der Waals surface area (Å²) in [5.41, 5.74) is 1.62. The van der Waals surface area contributed by atoms with Crippen molar-refractivity contribution in [2.45, 2.75) is 38.1 Å². The van der Waals surface area contributed by atoms with Crippen LogP contribution in [0, 0.1) is 11.3 Å². The van der Waals surface area contributed by atoms with Crippen molar-refractivity contribution in [2.75, 3.05) is 19.3 Å². The number of benzene rings is 1. The van der Waals surface area contributed by atoms with Gasteiger partial charge in [0, 0.05) is 25.6 Å². The molecule has 1 saturated heterocycles. The highest BCUT2D eigenvalue weighted by Crippen LogP contribution is 2.18. The largest absolute Gasteiger partial charge is 0.338 e. The SMILES string of the molecule is CS(=O)(=O)NC[C@H]1CCCCN1C(=O)CCc1ccc(C#N)cc1. The molecule has 0 radical (unpaired) electrons. The van der Waals surface area contributed by atoms with E-state index in [9.17, 15) is 13.2 Å². The molecule has 7 heteroatoms. The molecule has 1 aromatic rings. The van der Waals surface area contributed by atoms with E-state index in [1.54, 1.807) is 12.1 Å². The second kappa shape index (κ2) is 8.27. The zero-order valence-corrected chi connectivity index (χ0v) is 14.7. The molecule has 6 nitrogen and oxygen atoms in total. The molecule has 1 aliphatic rings. The van der Waals surface area contributed by atoms with Crippen LogP contribution in [-0.2, 0) is 21.2 Å². The lowest BCUT2D eigenvalue weighted by Crippen LogP contribution is -2.49. The highest BCUT2D eigenvalue weighted by Gasteiger charge is 2.26. The Morgan fingerprint density at radius 1 is 1.33 bits per heavy atom. The van der Waals surface area contributed by atoms with Gasteiger partial charge in [-0.1, -0.05) is 12.1 Å². The minimum atomic E-state index is -3.25. The average Bonchev–Trinajstić information content (AvgIpc) is 2.58. The Morgan fingerprint density at radius 2 is 2.04 bits per heavy atom. The third-order valence-corrected chi connectivity index (χ3v) is 4.93. The lowest BCUT2D eigenvalue weighted by atomic mass is 10.0. The molecule has 24 heavy (non-hydrogen) atoms. The number of rotatable bonds is 6. The van der Waals surface area contributed by atoms with Crippen molar-refractivity contribution in [3.8, 4) is 6.07 Å². The van der Waals surface area contributed by atoms with Gasteiger partial charge in [0.15, 0.2) is 0 Å². The number of carbonyl (C=O) groups is 1. The lowest BCUT2D eigenvalue weighted by molar-refractivity contribution is -0.134. The van der Waals surface area contributed by atoms with Gasteiger partial charge in [-0.25, -0.2) is 13.1 Å². The third kappa shape index (κ3) is 5.62. The number of sulfonamides is 1. The molecular formula is C17H23N3O3S. The summed E-state index contributed by atoms with van der Waals surface area (Å²) in [6, 6.07) is 9.23. The number of nitrogens with one attached hydrogen (secondary N) is 1. The van der Waals surface area contributed by atoms with Gasteiger partial charge in [-0.3, -0.25) is 4.79 Å². The van der Waals surface area contributed by atoms with E-state index in [-0.39, 0.29) is 18.5 Å². The number of nitriles is 1. The molecule has 0 aliphatic carbocycles. The van der Waals surface area contributed by atoms with Crippen LogP contribution >= 0.6 is 0 Å². The molecule has 1 N–H and O–H groups in total. The monoisotopic (exact) mass is 349 g/mol. The Balaban J connectivity index is 1.91. The number of likely N-dealkylation sites (tertiary alicyclic amines) is 1. The molecule has 0 bridgehead atoms. The van der Waals surface area contributed by atoms with Gasteiger partial charge in [-0.2, -0.15) is 5.26 Å². The van der Waals surface area contributed by atoms with E-state index >= 15 is 0 Å². The van der Waals surface area contributed by atoms with Gasteiger partial charge in [0.2, 0.25) is 15.9 Å². The van der Waals surface area contributed by atoms with Crippen LogP contribution in [0.25, 0.3) is 0 Å². The summed E-state index contributed by atoms with van der Waals surface area (Å²) >= 11 is 0. The molecule has 1 aromatic carbocycles. The highest BCUT2D eigenvalue weighted by molar-refractivity contribution is 7.88. The fourth-order valence-corrected chi connectivity index (χ4v) is 3.42. The Labute approximate surface area is 143 Å². The maximum Gasteiger partial charge on any atom is 0.223 e. The number of amides is 1. The number of aryl methyl sites for hydroxylation is 1. The number of piperidine rings is 1. The second-order valence-electron chi connectivity index (χ2n) is 6.17. The summed E-state index contributed by atoms with van der Waals surface area (Å²) in [7, 11) is -3.25. The second-order valence-corrected chi connectivity index (χ2v) is 8.00. The van der Waals surface area contributed by atoms with Crippen molar-refractivity contribution >= 4 is 15.9 Å². The van der Waals surface area contributed by atoms with E-state index in [1.165, 1.54) is 0 Å². The van der Waals surface area contributed by atoms with Gasteiger partial charge in [0.25, 0.3) is 0 Å². The molecule has 1 heterocycles. The summed E-state index contributed by atoms with van der Waals surface area (Å²) in [5, 5.41) is 8.79. The summed E-state index contributed by atoms with van der Waals surface area (Å²) in [5.74, 6) is 0.0550. The van der Waals surface area contributed by atoms with E-state index in [2.05, 4.69) is 10.8 Å². The van der Waals surface area contributed by atoms with Crippen LogP contribution < -0.4 is 4.72 Å². The molecule has 1 atom stereocenters. The number of hydrogen-bond donors (Lipinski definition) is 1. The van der Waals surface area contributed by atoms with Gasteiger partial charge < -0.3 is 4.90 Å². The van der Waals surface area contributed by atoms with Crippen LogP contribution in [0.4, 0.5) is 0 Å². The van der Waals surface area contributed by atoms with Crippen molar-refractivity contribution in [3.63, 3.8) is 0 Å². The summed E-state index contributed by atoms with van der Waals surface area (Å²) in [4.78, 5) is 14.3. The maximum absolute atomic E-state index is 12.5. The minimum Gasteiger partial charge on any atom is -0.338 e. The molecule has 2 rings (SSSR count). The predicted molar refractivity (Wildman–Crippen MR) is 91.7 cm³/mol. The zero-order valence-electron chi connectivity index (χ0n) is 13.9. The molecule has 0 aromatic heterocycles. The molecule has 1 fully saturated rings. The Hall–Kier alpha value is -1.91. The number of hydrogen-bond acceptors (Lipinski definition) is 4. The lowest BCUT2D eigenvalue weighted by Gasteiger charge is -2.36. The Kier molecular flexibility index (Phi) is 6.35. The number of nitrogens with zero attached hydrogens (tertiary/aromatic N) is 2. The van der Waals surface area contributed by atoms with Gasteiger partial charge in [-0.05, 0) is 43.4 Å². The minimum absolute atomic E-state index is 0.0550.